The van der Waals surface area contributed by atoms with Crippen molar-refractivity contribution < 1.29 is 14.6 Å². The van der Waals surface area contributed by atoms with Gasteiger partial charge in [0.05, 0.1) is 18.2 Å². The predicted octanol–water partition coefficient (Wildman–Crippen LogP) is 3.68. The van der Waals surface area contributed by atoms with Crippen LogP contribution in [0.2, 0.25) is 0 Å². The van der Waals surface area contributed by atoms with E-state index in [0.29, 0.717) is 6.61 Å². The number of para-hydroxylation sites is 1. The van der Waals surface area contributed by atoms with Gasteiger partial charge in [-0.15, -0.1) is 0 Å². The first kappa shape index (κ1) is 21.3. The monoisotopic (exact) mass is 396 g/mol. The van der Waals surface area contributed by atoms with Crippen LogP contribution in [0, 0.1) is 0 Å². The van der Waals surface area contributed by atoms with Crippen LogP contribution in [0.3, 0.4) is 0 Å². The van der Waals surface area contributed by atoms with Crippen molar-refractivity contribution in [1.29, 1.82) is 0 Å². The summed E-state index contributed by atoms with van der Waals surface area (Å²) in [6, 6.07) is 17.4. The molecule has 2 aromatic rings. The lowest BCUT2D eigenvalue weighted by Crippen LogP contribution is -2.60. The molecule has 2 aromatic carbocycles. The van der Waals surface area contributed by atoms with E-state index in [-0.39, 0.29) is 18.6 Å². The molecule has 1 fully saturated rings. The van der Waals surface area contributed by atoms with Gasteiger partial charge in [0.1, 0.15) is 12.4 Å². The topological polar surface area (TPSA) is 61.8 Å². The Hall–Kier alpha value is -2.37. The highest BCUT2D eigenvalue weighted by Gasteiger charge is 2.41. The van der Waals surface area contributed by atoms with Crippen LogP contribution in [-0.2, 0) is 11.4 Å². The first-order valence-corrected chi connectivity index (χ1v) is 10.5. The minimum absolute atomic E-state index is 0.0269. The van der Waals surface area contributed by atoms with Crippen LogP contribution in [-0.4, -0.2) is 41.1 Å². The first-order chi connectivity index (χ1) is 14.0. The van der Waals surface area contributed by atoms with Gasteiger partial charge in [-0.1, -0.05) is 42.5 Å². The number of nitrogens with one attached hydrogen (secondary N) is 1. The van der Waals surface area contributed by atoms with E-state index in [1.165, 1.54) is 0 Å². The van der Waals surface area contributed by atoms with Gasteiger partial charge in [-0.05, 0) is 62.9 Å². The minimum Gasteiger partial charge on any atom is -0.492 e. The molecule has 0 radical (unpaired) electrons. The molecule has 29 heavy (non-hydrogen) atoms. The summed E-state index contributed by atoms with van der Waals surface area (Å²) >= 11 is 0. The second-order valence-electron chi connectivity index (χ2n) is 7.97. The minimum atomic E-state index is -0.530. The van der Waals surface area contributed by atoms with Crippen LogP contribution < -0.4 is 10.1 Å². The fourth-order valence-electron chi connectivity index (χ4n) is 3.93. The van der Waals surface area contributed by atoms with Gasteiger partial charge in [-0.25, -0.2) is 0 Å². The molecule has 5 heteroatoms. The van der Waals surface area contributed by atoms with E-state index in [1.807, 2.05) is 68.4 Å². The highest BCUT2D eigenvalue weighted by molar-refractivity contribution is 5.86. The molecule has 1 heterocycles. The van der Waals surface area contributed by atoms with E-state index < -0.39 is 5.54 Å². The third kappa shape index (κ3) is 5.37. The van der Waals surface area contributed by atoms with E-state index >= 15 is 0 Å². The maximum Gasteiger partial charge on any atom is 0.240 e. The van der Waals surface area contributed by atoms with Gasteiger partial charge in [-0.2, -0.15) is 0 Å². The number of amides is 1. The maximum atomic E-state index is 13.2. The summed E-state index contributed by atoms with van der Waals surface area (Å²) in [5.74, 6) is 0.922. The lowest BCUT2D eigenvalue weighted by Gasteiger charge is -2.44. The van der Waals surface area contributed by atoms with E-state index in [2.05, 4.69) is 10.2 Å². The number of hydrogen-bond donors (Lipinski definition) is 2. The van der Waals surface area contributed by atoms with Crippen molar-refractivity contribution in [2.24, 2.45) is 0 Å². The summed E-state index contributed by atoms with van der Waals surface area (Å²) in [6.45, 7) is 6.26. The molecule has 0 saturated carbocycles. The van der Waals surface area contributed by atoms with E-state index in [0.717, 1.165) is 49.2 Å². The van der Waals surface area contributed by atoms with Crippen LogP contribution in [0.1, 0.15) is 50.3 Å². The number of hydrogen-bond acceptors (Lipinski definition) is 4. The van der Waals surface area contributed by atoms with Gasteiger partial charge in [0.25, 0.3) is 0 Å². The summed E-state index contributed by atoms with van der Waals surface area (Å²) in [5, 5.41) is 12.4. The average Bonchev–Trinajstić information content (AvgIpc) is 2.76. The third-order valence-corrected chi connectivity index (χ3v) is 5.91. The SMILES string of the molecule is C[C@H](NC(=O)C1(C)CCCCN1CCOc1ccccc1)c1ccc(CO)cc1. The number of carbonyl (C=O) groups excluding carboxylic acids is 1. The molecule has 0 aromatic heterocycles. The third-order valence-electron chi connectivity index (χ3n) is 5.91. The number of benzene rings is 2. The molecule has 1 aliphatic rings. The van der Waals surface area contributed by atoms with Crippen LogP contribution in [0.4, 0.5) is 0 Å². The summed E-state index contributed by atoms with van der Waals surface area (Å²) in [5.41, 5.74) is 1.38. The quantitative estimate of drug-likeness (QED) is 0.715. The Morgan fingerprint density at radius 2 is 1.90 bits per heavy atom. The van der Waals surface area contributed by atoms with E-state index in [4.69, 9.17) is 4.74 Å². The second-order valence-corrected chi connectivity index (χ2v) is 7.97. The Labute approximate surface area is 173 Å². The zero-order valence-corrected chi connectivity index (χ0v) is 17.4. The van der Waals surface area contributed by atoms with Gasteiger partial charge in [0.2, 0.25) is 5.91 Å². The van der Waals surface area contributed by atoms with Gasteiger partial charge in [-0.3, -0.25) is 9.69 Å². The molecule has 156 valence electrons. The molecule has 2 N–H and O–H groups in total. The second kappa shape index (κ2) is 9.90. The molecule has 2 atom stereocenters. The summed E-state index contributed by atoms with van der Waals surface area (Å²) in [6.07, 6.45) is 3.01. The Kier molecular flexibility index (Phi) is 7.29. The van der Waals surface area contributed by atoms with Crippen molar-refractivity contribution in [1.82, 2.24) is 10.2 Å². The van der Waals surface area contributed by atoms with Crippen molar-refractivity contribution in [2.45, 2.75) is 51.3 Å². The van der Waals surface area contributed by atoms with Crippen LogP contribution in [0.15, 0.2) is 54.6 Å². The molecular weight excluding hydrogens is 364 g/mol. The Morgan fingerprint density at radius 1 is 1.17 bits per heavy atom. The van der Waals surface area contributed by atoms with Crippen molar-refractivity contribution in [2.75, 3.05) is 19.7 Å². The zero-order chi connectivity index (χ0) is 20.7. The summed E-state index contributed by atoms with van der Waals surface area (Å²) in [4.78, 5) is 15.5. The standard InChI is InChI=1S/C24H32N2O3/c1-19(21-12-10-20(18-27)11-13-21)25-23(28)24(2)14-6-7-15-26(24)16-17-29-22-8-4-3-5-9-22/h3-5,8-13,19,27H,6-7,14-18H2,1-2H3,(H,25,28)/t19-,24?/m0/s1. The number of ether oxygens (including phenoxy) is 1. The lowest BCUT2D eigenvalue weighted by molar-refractivity contribution is -0.136. The maximum absolute atomic E-state index is 13.2. The Balaban J connectivity index is 1.60. The number of nitrogens with zero attached hydrogens (tertiary/aromatic N) is 1. The highest BCUT2D eigenvalue weighted by Crippen LogP contribution is 2.29. The van der Waals surface area contributed by atoms with Crippen molar-refractivity contribution in [3.63, 3.8) is 0 Å². The number of aliphatic hydroxyl groups excluding tert-OH is 1. The predicted molar refractivity (Wildman–Crippen MR) is 115 cm³/mol. The fraction of sp³-hybridized carbons (Fsp3) is 0.458. The molecule has 5 nitrogen and oxygen atoms in total. The lowest BCUT2D eigenvalue weighted by atomic mass is 9.87. The number of likely N-dealkylation sites (tertiary alicyclic amines) is 1. The van der Waals surface area contributed by atoms with Gasteiger partial charge < -0.3 is 15.2 Å². The Morgan fingerprint density at radius 3 is 2.59 bits per heavy atom. The molecule has 1 amide bonds. The fourth-order valence-corrected chi connectivity index (χ4v) is 3.93. The molecular formula is C24H32N2O3. The van der Waals surface area contributed by atoms with Crippen LogP contribution in [0.25, 0.3) is 0 Å². The highest BCUT2D eigenvalue weighted by atomic mass is 16.5. The number of aliphatic hydroxyl groups is 1. The van der Waals surface area contributed by atoms with Gasteiger partial charge in [0, 0.05) is 6.54 Å². The molecule has 0 aliphatic carbocycles. The molecule has 0 spiro atoms. The van der Waals surface area contributed by atoms with Crippen molar-refractivity contribution >= 4 is 5.91 Å². The smallest absolute Gasteiger partial charge is 0.240 e. The van der Waals surface area contributed by atoms with Crippen LogP contribution >= 0.6 is 0 Å². The van der Waals surface area contributed by atoms with Gasteiger partial charge in [0.15, 0.2) is 0 Å². The number of piperidine rings is 1. The zero-order valence-electron chi connectivity index (χ0n) is 17.4. The summed E-state index contributed by atoms with van der Waals surface area (Å²) < 4.78 is 5.86. The molecule has 3 rings (SSSR count). The average molecular weight is 397 g/mol. The molecule has 0 bridgehead atoms. The first-order valence-electron chi connectivity index (χ1n) is 10.5. The Bertz CT molecular complexity index is 778. The van der Waals surface area contributed by atoms with E-state index in [9.17, 15) is 9.90 Å². The van der Waals surface area contributed by atoms with Gasteiger partial charge >= 0.3 is 0 Å². The summed E-state index contributed by atoms with van der Waals surface area (Å²) in [7, 11) is 0. The number of carbonyl (C=O) groups is 1. The normalized spacial score (nSPS) is 20.8. The van der Waals surface area contributed by atoms with Crippen molar-refractivity contribution in [3.05, 3.63) is 65.7 Å². The van der Waals surface area contributed by atoms with E-state index in [1.54, 1.807) is 0 Å². The van der Waals surface area contributed by atoms with Crippen LogP contribution in [0.5, 0.6) is 5.75 Å². The molecule has 1 unspecified atom stereocenters. The number of rotatable bonds is 8. The molecule has 1 aliphatic heterocycles. The molecule has 1 saturated heterocycles. The largest absolute Gasteiger partial charge is 0.492 e. The van der Waals surface area contributed by atoms with Crippen molar-refractivity contribution in [3.8, 4) is 5.75 Å².